The number of hydrogen-bond acceptors (Lipinski definition) is 3. The van der Waals surface area contributed by atoms with E-state index >= 15 is 0 Å². The van der Waals surface area contributed by atoms with Crippen molar-refractivity contribution >= 4 is 0 Å². The van der Waals surface area contributed by atoms with Gasteiger partial charge in [-0.05, 0) is 17.5 Å². The first-order chi connectivity index (χ1) is 7.76. The SMILES string of the molecule is CCC(C)CN(CCO)Cc1cccnc1. The largest absolute Gasteiger partial charge is 0.395 e. The van der Waals surface area contributed by atoms with Crippen LogP contribution in [0, 0.1) is 5.92 Å². The van der Waals surface area contributed by atoms with Crippen LogP contribution in [-0.2, 0) is 6.54 Å². The number of aliphatic hydroxyl groups excluding tert-OH is 1. The molecule has 0 spiro atoms. The monoisotopic (exact) mass is 222 g/mol. The molecule has 16 heavy (non-hydrogen) atoms. The highest BCUT2D eigenvalue weighted by Crippen LogP contribution is 2.08. The summed E-state index contributed by atoms with van der Waals surface area (Å²) >= 11 is 0. The second-order valence-corrected chi connectivity index (χ2v) is 4.33. The molecule has 0 radical (unpaired) electrons. The van der Waals surface area contributed by atoms with Gasteiger partial charge in [-0.15, -0.1) is 0 Å². The Morgan fingerprint density at radius 1 is 1.50 bits per heavy atom. The molecule has 1 N–H and O–H groups in total. The highest BCUT2D eigenvalue weighted by Gasteiger charge is 2.09. The van der Waals surface area contributed by atoms with Crippen LogP contribution in [0.15, 0.2) is 24.5 Å². The summed E-state index contributed by atoms with van der Waals surface area (Å²) in [7, 11) is 0. The average molecular weight is 222 g/mol. The van der Waals surface area contributed by atoms with Crippen LogP contribution < -0.4 is 0 Å². The maximum atomic E-state index is 9.04. The topological polar surface area (TPSA) is 36.4 Å². The van der Waals surface area contributed by atoms with Crippen LogP contribution in [0.1, 0.15) is 25.8 Å². The number of pyridine rings is 1. The maximum Gasteiger partial charge on any atom is 0.0558 e. The van der Waals surface area contributed by atoms with Gasteiger partial charge in [0.25, 0.3) is 0 Å². The lowest BCUT2D eigenvalue weighted by Crippen LogP contribution is -2.30. The van der Waals surface area contributed by atoms with Gasteiger partial charge in [-0.25, -0.2) is 0 Å². The maximum absolute atomic E-state index is 9.04. The molecule has 0 saturated carbocycles. The minimum atomic E-state index is 0.219. The van der Waals surface area contributed by atoms with Crippen LogP contribution in [0.25, 0.3) is 0 Å². The molecule has 0 fully saturated rings. The van der Waals surface area contributed by atoms with Gasteiger partial charge in [0, 0.05) is 32.0 Å². The molecule has 1 atom stereocenters. The van der Waals surface area contributed by atoms with Crippen molar-refractivity contribution in [3.8, 4) is 0 Å². The molecule has 90 valence electrons. The molecular weight excluding hydrogens is 200 g/mol. The van der Waals surface area contributed by atoms with Gasteiger partial charge in [0.1, 0.15) is 0 Å². The minimum Gasteiger partial charge on any atom is -0.395 e. The molecule has 0 aliphatic rings. The van der Waals surface area contributed by atoms with Crippen molar-refractivity contribution in [1.29, 1.82) is 0 Å². The van der Waals surface area contributed by atoms with E-state index in [4.69, 9.17) is 5.11 Å². The van der Waals surface area contributed by atoms with E-state index in [0.717, 1.165) is 19.6 Å². The molecule has 1 heterocycles. The Balaban J connectivity index is 2.50. The lowest BCUT2D eigenvalue weighted by molar-refractivity contribution is 0.171. The summed E-state index contributed by atoms with van der Waals surface area (Å²) < 4.78 is 0. The third kappa shape index (κ3) is 4.73. The number of nitrogens with zero attached hydrogens (tertiary/aromatic N) is 2. The molecular formula is C13H22N2O. The molecule has 1 aromatic heterocycles. The zero-order valence-electron chi connectivity index (χ0n) is 10.3. The van der Waals surface area contributed by atoms with E-state index in [0.29, 0.717) is 5.92 Å². The molecule has 1 rings (SSSR count). The van der Waals surface area contributed by atoms with Gasteiger partial charge >= 0.3 is 0 Å². The number of hydrogen-bond donors (Lipinski definition) is 1. The lowest BCUT2D eigenvalue weighted by Gasteiger charge is -2.24. The Morgan fingerprint density at radius 2 is 2.31 bits per heavy atom. The summed E-state index contributed by atoms with van der Waals surface area (Å²) in [6, 6.07) is 4.03. The van der Waals surface area contributed by atoms with Crippen LogP contribution in [0.3, 0.4) is 0 Å². The summed E-state index contributed by atoms with van der Waals surface area (Å²) in [5, 5.41) is 9.04. The fourth-order valence-corrected chi connectivity index (χ4v) is 1.70. The van der Waals surface area contributed by atoms with Crippen LogP contribution in [0.2, 0.25) is 0 Å². The zero-order valence-corrected chi connectivity index (χ0v) is 10.3. The van der Waals surface area contributed by atoms with Crippen LogP contribution >= 0.6 is 0 Å². The molecule has 0 aromatic carbocycles. The van der Waals surface area contributed by atoms with Crippen molar-refractivity contribution in [2.24, 2.45) is 5.92 Å². The molecule has 1 aromatic rings. The van der Waals surface area contributed by atoms with Crippen molar-refractivity contribution in [2.45, 2.75) is 26.8 Å². The number of aliphatic hydroxyl groups is 1. The fourth-order valence-electron chi connectivity index (χ4n) is 1.70. The van der Waals surface area contributed by atoms with E-state index in [9.17, 15) is 0 Å². The fraction of sp³-hybridized carbons (Fsp3) is 0.615. The first kappa shape index (κ1) is 13.1. The Labute approximate surface area is 98.1 Å². The normalized spacial score (nSPS) is 13.0. The molecule has 3 heteroatoms. The molecule has 0 saturated heterocycles. The average Bonchev–Trinajstić information content (AvgIpc) is 2.30. The van der Waals surface area contributed by atoms with Crippen molar-refractivity contribution in [2.75, 3.05) is 19.7 Å². The third-order valence-corrected chi connectivity index (χ3v) is 2.81. The van der Waals surface area contributed by atoms with E-state index in [2.05, 4.69) is 29.8 Å². The number of aromatic nitrogens is 1. The molecule has 0 aliphatic carbocycles. The van der Waals surface area contributed by atoms with Gasteiger partial charge in [-0.1, -0.05) is 26.3 Å². The second-order valence-electron chi connectivity index (χ2n) is 4.33. The molecule has 0 amide bonds. The quantitative estimate of drug-likeness (QED) is 0.765. The Kier molecular flexibility index (Phi) is 6.04. The molecule has 1 unspecified atom stereocenters. The first-order valence-corrected chi connectivity index (χ1v) is 5.98. The minimum absolute atomic E-state index is 0.219. The van der Waals surface area contributed by atoms with E-state index in [1.54, 1.807) is 6.20 Å². The lowest BCUT2D eigenvalue weighted by atomic mass is 10.1. The van der Waals surface area contributed by atoms with Gasteiger partial charge in [0.2, 0.25) is 0 Å². The zero-order chi connectivity index (χ0) is 11.8. The summed E-state index contributed by atoms with van der Waals surface area (Å²) in [5.41, 5.74) is 1.21. The van der Waals surface area contributed by atoms with Gasteiger partial charge in [0.15, 0.2) is 0 Å². The Bertz CT molecular complexity index is 277. The standard InChI is InChI=1S/C13H22N2O/c1-3-12(2)10-15(7-8-16)11-13-5-4-6-14-9-13/h4-6,9,12,16H,3,7-8,10-11H2,1-2H3. The summed E-state index contributed by atoms with van der Waals surface area (Å²) in [6.45, 7) is 7.31. The van der Waals surface area contributed by atoms with Crippen molar-refractivity contribution in [3.05, 3.63) is 30.1 Å². The predicted molar refractivity (Wildman–Crippen MR) is 66.1 cm³/mol. The van der Waals surface area contributed by atoms with Crippen molar-refractivity contribution in [3.63, 3.8) is 0 Å². The number of rotatable bonds is 7. The van der Waals surface area contributed by atoms with Gasteiger partial charge in [0.05, 0.1) is 6.61 Å². The highest BCUT2D eigenvalue weighted by atomic mass is 16.3. The van der Waals surface area contributed by atoms with Crippen molar-refractivity contribution in [1.82, 2.24) is 9.88 Å². The molecule has 0 bridgehead atoms. The third-order valence-electron chi connectivity index (χ3n) is 2.81. The first-order valence-electron chi connectivity index (χ1n) is 5.98. The van der Waals surface area contributed by atoms with Crippen molar-refractivity contribution < 1.29 is 5.11 Å². The van der Waals surface area contributed by atoms with E-state index in [1.807, 2.05) is 12.3 Å². The highest BCUT2D eigenvalue weighted by molar-refractivity contribution is 5.08. The van der Waals surface area contributed by atoms with Crippen LogP contribution in [0.5, 0.6) is 0 Å². The molecule has 3 nitrogen and oxygen atoms in total. The van der Waals surface area contributed by atoms with Gasteiger partial charge in [-0.2, -0.15) is 0 Å². The van der Waals surface area contributed by atoms with Gasteiger partial charge in [-0.3, -0.25) is 9.88 Å². The van der Waals surface area contributed by atoms with E-state index in [1.165, 1.54) is 12.0 Å². The molecule has 0 aliphatic heterocycles. The summed E-state index contributed by atoms with van der Waals surface area (Å²) in [4.78, 5) is 6.39. The second kappa shape index (κ2) is 7.36. The Morgan fingerprint density at radius 3 is 2.88 bits per heavy atom. The van der Waals surface area contributed by atoms with Crippen LogP contribution in [0.4, 0.5) is 0 Å². The van der Waals surface area contributed by atoms with E-state index in [-0.39, 0.29) is 6.61 Å². The smallest absolute Gasteiger partial charge is 0.0558 e. The van der Waals surface area contributed by atoms with Gasteiger partial charge < -0.3 is 5.11 Å². The van der Waals surface area contributed by atoms with Crippen LogP contribution in [-0.4, -0.2) is 34.7 Å². The Hall–Kier alpha value is -0.930. The summed E-state index contributed by atoms with van der Waals surface area (Å²) in [6.07, 6.45) is 4.85. The predicted octanol–water partition coefficient (Wildman–Crippen LogP) is 1.92. The summed E-state index contributed by atoms with van der Waals surface area (Å²) in [5.74, 6) is 0.670. The van der Waals surface area contributed by atoms with E-state index < -0.39 is 0 Å².